The van der Waals surface area contributed by atoms with Crippen LogP contribution in [0.2, 0.25) is 0 Å². The highest BCUT2D eigenvalue weighted by molar-refractivity contribution is 5.75. The molecule has 0 aromatic carbocycles. The highest BCUT2D eigenvalue weighted by atomic mass is 16.6. The van der Waals surface area contributed by atoms with E-state index in [4.69, 9.17) is 9.47 Å². The molecule has 1 N–H and O–H groups in total. The van der Waals surface area contributed by atoms with E-state index in [-0.39, 0.29) is 24.7 Å². The smallest absolute Gasteiger partial charge is 0.328 e. The first kappa shape index (κ1) is 19.2. The first-order valence-corrected chi connectivity index (χ1v) is 7.72. The van der Waals surface area contributed by atoms with E-state index in [2.05, 4.69) is 4.98 Å². The number of H-pyrrole nitrogens is 1. The summed E-state index contributed by atoms with van der Waals surface area (Å²) in [6.45, 7) is 7.56. The van der Waals surface area contributed by atoms with Gasteiger partial charge in [0.15, 0.2) is 0 Å². The van der Waals surface area contributed by atoms with Gasteiger partial charge < -0.3 is 9.47 Å². The highest BCUT2D eigenvalue weighted by Gasteiger charge is 2.28. The number of carbonyl (C=O) groups is 1. The summed E-state index contributed by atoms with van der Waals surface area (Å²) < 4.78 is 12.1. The molecule has 1 aromatic heterocycles. The molecule has 130 valence electrons. The Morgan fingerprint density at radius 2 is 2.04 bits per heavy atom. The standard InChI is InChI=1S/C16H26N2O5/c1-6-16(3,4)14(20)23-10-12(22-5)9-11(2)18-8-7-13(19)17-15(18)21/h7-8,11-12H,6,9-10H2,1-5H3,(H,17,19,21). The number of hydrogen-bond donors (Lipinski definition) is 1. The van der Waals surface area contributed by atoms with Gasteiger partial charge in [-0.05, 0) is 33.6 Å². The summed E-state index contributed by atoms with van der Waals surface area (Å²) in [6, 6.07) is 1.09. The predicted octanol–water partition coefficient (Wildman–Crippen LogP) is 1.48. The van der Waals surface area contributed by atoms with Crippen molar-refractivity contribution < 1.29 is 14.3 Å². The van der Waals surface area contributed by atoms with E-state index in [0.717, 1.165) is 0 Å². The number of methoxy groups -OCH3 is 1. The number of esters is 1. The second-order valence-electron chi connectivity index (χ2n) is 6.30. The summed E-state index contributed by atoms with van der Waals surface area (Å²) >= 11 is 0. The molecule has 23 heavy (non-hydrogen) atoms. The van der Waals surface area contributed by atoms with Gasteiger partial charge in [0, 0.05) is 25.4 Å². The molecule has 7 heteroatoms. The van der Waals surface area contributed by atoms with E-state index in [9.17, 15) is 14.4 Å². The average Bonchev–Trinajstić information content (AvgIpc) is 2.50. The fourth-order valence-electron chi connectivity index (χ4n) is 2.01. The zero-order valence-electron chi connectivity index (χ0n) is 14.4. The SMILES string of the molecule is CCC(C)(C)C(=O)OCC(CC(C)n1ccc(=O)[nH]c1=O)OC. The maximum atomic E-state index is 12.0. The van der Waals surface area contributed by atoms with Crippen LogP contribution in [0.25, 0.3) is 0 Å². The second kappa shape index (κ2) is 8.10. The molecule has 7 nitrogen and oxygen atoms in total. The Labute approximate surface area is 135 Å². The van der Waals surface area contributed by atoms with E-state index in [0.29, 0.717) is 12.8 Å². The summed E-state index contributed by atoms with van der Waals surface area (Å²) in [5.41, 5.74) is -1.43. The Hall–Kier alpha value is -1.89. The lowest BCUT2D eigenvalue weighted by Crippen LogP contribution is -2.34. The van der Waals surface area contributed by atoms with Gasteiger partial charge in [0.05, 0.1) is 11.5 Å². The topological polar surface area (TPSA) is 90.4 Å². The van der Waals surface area contributed by atoms with Crippen molar-refractivity contribution >= 4 is 5.97 Å². The number of aromatic nitrogens is 2. The zero-order valence-corrected chi connectivity index (χ0v) is 14.4. The minimum Gasteiger partial charge on any atom is -0.463 e. The highest BCUT2D eigenvalue weighted by Crippen LogP contribution is 2.22. The number of ether oxygens (including phenoxy) is 2. The van der Waals surface area contributed by atoms with Crippen LogP contribution in [0.4, 0.5) is 0 Å². The molecule has 0 aliphatic heterocycles. The lowest BCUT2D eigenvalue weighted by molar-refractivity contribution is -0.158. The third-order valence-electron chi connectivity index (χ3n) is 4.10. The van der Waals surface area contributed by atoms with Crippen molar-refractivity contribution in [2.24, 2.45) is 5.41 Å². The maximum absolute atomic E-state index is 12.0. The van der Waals surface area contributed by atoms with E-state index in [1.54, 1.807) is 0 Å². The minimum absolute atomic E-state index is 0.126. The van der Waals surface area contributed by atoms with Crippen LogP contribution in [0.3, 0.4) is 0 Å². The summed E-state index contributed by atoms with van der Waals surface area (Å²) in [5.74, 6) is -0.268. The molecule has 0 aliphatic carbocycles. The summed E-state index contributed by atoms with van der Waals surface area (Å²) in [4.78, 5) is 37.1. The molecule has 0 fully saturated rings. The van der Waals surface area contributed by atoms with E-state index >= 15 is 0 Å². The van der Waals surface area contributed by atoms with Crippen LogP contribution in [-0.2, 0) is 14.3 Å². The fourth-order valence-corrected chi connectivity index (χ4v) is 2.01. The second-order valence-corrected chi connectivity index (χ2v) is 6.30. The lowest BCUT2D eigenvalue weighted by atomic mass is 9.91. The number of aromatic amines is 1. The van der Waals surface area contributed by atoms with Gasteiger partial charge in [-0.2, -0.15) is 0 Å². The van der Waals surface area contributed by atoms with Crippen molar-refractivity contribution in [3.8, 4) is 0 Å². The normalized spacial score (nSPS) is 14.3. The van der Waals surface area contributed by atoms with Crippen molar-refractivity contribution in [3.63, 3.8) is 0 Å². The van der Waals surface area contributed by atoms with Crippen molar-refractivity contribution in [1.29, 1.82) is 0 Å². The lowest BCUT2D eigenvalue weighted by Gasteiger charge is -2.24. The Kier molecular flexibility index (Phi) is 6.75. The molecule has 2 atom stereocenters. The average molecular weight is 326 g/mol. The summed E-state index contributed by atoms with van der Waals surface area (Å²) in [5, 5.41) is 0. The Morgan fingerprint density at radius 1 is 1.39 bits per heavy atom. The van der Waals surface area contributed by atoms with E-state index in [1.165, 1.54) is 23.9 Å². The first-order chi connectivity index (χ1) is 10.7. The minimum atomic E-state index is -0.528. The van der Waals surface area contributed by atoms with Crippen LogP contribution in [0.5, 0.6) is 0 Å². The molecule has 1 heterocycles. The molecular weight excluding hydrogens is 300 g/mol. The van der Waals surface area contributed by atoms with Crippen LogP contribution < -0.4 is 11.2 Å². The molecular formula is C16H26N2O5. The number of hydrogen-bond acceptors (Lipinski definition) is 5. The third kappa shape index (κ3) is 5.35. The molecule has 0 radical (unpaired) electrons. The number of rotatable bonds is 8. The van der Waals surface area contributed by atoms with Crippen LogP contribution in [-0.4, -0.2) is 35.3 Å². The molecule has 2 unspecified atom stereocenters. The van der Waals surface area contributed by atoms with Gasteiger partial charge in [0.25, 0.3) is 5.56 Å². The van der Waals surface area contributed by atoms with Gasteiger partial charge >= 0.3 is 11.7 Å². The van der Waals surface area contributed by atoms with Gasteiger partial charge in [-0.1, -0.05) is 6.92 Å². The van der Waals surface area contributed by atoms with Crippen molar-refractivity contribution in [3.05, 3.63) is 33.1 Å². The quantitative estimate of drug-likeness (QED) is 0.731. The van der Waals surface area contributed by atoms with Crippen molar-refractivity contribution in [1.82, 2.24) is 9.55 Å². The number of carbonyl (C=O) groups excluding carboxylic acids is 1. The van der Waals surface area contributed by atoms with Gasteiger partial charge in [-0.3, -0.25) is 19.1 Å². The van der Waals surface area contributed by atoms with Crippen LogP contribution in [0.15, 0.2) is 21.9 Å². The molecule has 1 rings (SSSR count). The number of nitrogens with one attached hydrogen (secondary N) is 1. The number of nitrogens with zero attached hydrogens (tertiary/aromatic N) is 1. The van der Waals surface area contributed by atoms with Crippen LogP contribution >= 0.6 is 0 Å². The summed E-state index contributed by atoms with van der Waals surface area (Å²) in [6.07, 6.45) is 2.28. The zero-order chi connectivity index (χ0) is 17.6. The van der Waals surface area contributed by atoms with Gasteiger partial charge in [0.2, 0.25) is 0 Å². The Morgan fingerprint density at radius 3 is 2.57 bits per heavy atom. The van der Waals surface area contributed by atoms with Crippen LogP contribution in [0, 0.1) is 5.41 Å². The molecule has 0 amide bonds. The largest absolute Gasteiger partial charge is 0.463 e. The van der Waals surface area contributed by atoms with E-state index in [1.807, 2.05) is 27.7 Å². The molecule has 1 aromatic rings. The fraction of sp³-hybridized carbons (Fsp3) is 0.688. The third-order valence-corrected chi connectivity index (χ3v) is 4.10. The van der Waals surface area contributed by atoms with Crippen LogP contribution in [0.1, 0.15) is 46.6 Å². The van der Waals surface area contributed by atoms with Gasteiger partial charge in [-0.15, -0.1) is 0 Å². The molecule has 0 saturated heterocycles. The maximum Gasteiger partial charge on any atom is 0.328 e. The monoisotopic (exact) mass is 326 g/mol. The summed E-state index contributed by atoms with van der Waals surface area (Å²) in [7, 11) is 1.53. The van der Waals surface area contributed by atoms with Gasteiger partial charge in [-0.25, -0.2) is 4.79 Å². The van der Waals surface area contributed by atoms with Crippen molar-refractivity contribution in [2.45, 2.75) is 52.7 Å². The molecule has 0 bridgehead atoms. The first-order valence-electron chi connectivity index (χ1n) is 7.72. The predicted molar refractivity (Wildman–Crippen MR) is 86.5 cm³/mol. The Balaban J connectivity index is 2.67. The van der Waals surface area contributed by atoms with Crippen molar-refractivity contribution in [2.75, 3.05) is 13.7 Å². The Bertz CT molecular complexity index is 632. The van der Waals surface area contributed by atoms with E-state index < -0.39 is 16.7 Å². The van der Waals surface area contributed by atoms with Gasteiger partial charge in [0.1, 0.15) is 6.61 Å². The molecule has 0 aliphatic rings. The molecule has 0 spiro atoms. The molecule has 0 saturated carbocycles.